The van der Waals surface area contributed by atoms with Crippen LogP contribution in [-0.2, 0) is 9.53 Å². The minimum Gasteiger partial charge on any atom is -0.444 e. The van der Waals surface area contributed by atoms with Gasteiger partial charge in [0.15, 0.2) is 5.65 Å². The lowest BCUT2D eigenvalue weighted by atomic mass is 9.79. The molecule has 12 heteroatoms. The van der Waals surface area contributed by atoms with E-state index in [-0.39, 0.29) is 62.7 Å². The first-order chi connectivity index (χ1) is 18.5. The highest BCUT2D eigenvalue weighted by Crippen LogP contribution is 2.44. The molecule has 2 aliphatic rings. The third kappa shape index (κ3) is 7.51. The zero-order valence-corrected chi connectivity index (χ0v) is 23.3. The molecule has 0 aromatic carbocycles. The van der Waals surface area contributed by atoms with Crippen molar-refractivity contribution in [3.05, 3.63) is 41.9 Å². The zero-order chi connectivity index (χ0) is 29.5. The van der Waals surface area contributed by atoms with E-state index in [1.807, 2.05) is 0 Å². The maximum absolute atomic E-state index is 13.9. The van der Waals surface area contributed by atoms with E-state index in [4.69, 9.17) is 4.74 Å². The highest BCUT2D eigenvalue weighted by atomic mass is 19.3. The number of nitrogens with zero attached hydrogens (tertiary/aromatic N) is 3. The Balaban J connectivity index is 1.55. The molecule has 0 aliphatic heterocycles. The van der Waals surface area contributed by atoms with Crippen LogP contribution in [0.15, 0.2) is 30.6 Å². The average Bonchev–Trinajstić information content (AvgIpc) is 3.22. The number of carbonyl (C=O) groups is 2. The SMILES string of the molecule is C=C(C)C(NC(=O)CC1CC(F)(F)C1)c1cnn2cc([C@@H](NC(=O)OC(C)(C)C)C3CCC(F)(F)CC3)nc2c1. The summed E-state index contributed by atoms with van der Waals surface area (Å²) in [7, 11) is 0. The molecule has 0 radical (unpaired) electrons. The van der Waals surface area contributed by atoms with Crippen molar-refractivity contribution in [2.24, 2.45) is 11.8 Å². The van der Waals surface area contributed by atoms with E-state index in [2.05, 4.69) is 27.3 Å². The van der Waals surface area contributed by atoms with E-state index >= 15 is 0 Å². The molecule has 2 atom stereocenters. The van der Waals surface area contributed by atoms with E-state index < -0.39 is 35.6 Å². The molecule has 2 amide bonds. The molecule has 220 valence electrons. The summed E-state index contributed by atoms with van der Waals surface area (Å²) in [5, 5.41) is 10.1. The van der Waals surface area contributed by atoms with Gasteiger partial charge in [-0.15, -0.1) is 0 Å². The summed E-state index contributed by atoms with van der Waals surface area (Å²) in [6.07, 6.45) is 1.78. The van der Waals surface area contributed by atoms with Crippen LogP contribution in [0.3, 0.4) is 0 Å². The highest BCUT2D eigenvalue weighted by molar-refractivity contribution is 5.77. The van der Waals surface area contributed by atoms with Gasteiger partial charge in [-0.25, -0.2) is 31.9 Å². The summed E-state index contributed by atoms with van der Waals surface area (Å²) in [4.78, 5) is 29.9. The van der Waals surface area contributed by atoms with Crippen molar-refractivity contribution in [1.29, 1.82) is 0 Å². The normalized spacial score (nSPS) is 20.8. The standard InChI is InChI=1S/C28H37F4N5O3/c1-16(2)23(35-22(38)10-17-12-28(31,32)13-17)19-11-21-34-20(15-37(21)33-14-19)24(36-25(39)40-26(3,4)5)18-6-8-27(29,30)9-7-18/h11,14-15,17-18,23-24H,1,6-10,12-13H2,2-5H3,(H,35,38)(H,36,39)/t23?,24-/m0/s1. The largest absolute Gasteiger partial charge is 0.444 e. The molecule has 0 saturated heterocycles. The first-order valence-corrected chi connectivity index (χ1v) is 13.6. The van der Waals surface area contributed by atoms with Crippen LogP contribution in [0.5, 0.6) is 0 Å². The Hall–Kier alpha value is -3.18. The fourth-order valence-corrected chi connectivity index (χ4v) is 5.38. The van der Waals surface area contributed by atoms with Gasteiger partial charge in [-0.1, -0.05) is 12.2 Å². The number of amides is 2. The molecule has 2 aliphatic carbocycles. The van der Waals surface area contributed by atoms with Gasteiger partial charge in [-0.3, -0.25) is 4.79 Å². The Morgan fingerprint density at radius 3 is 2.38 bits per heavy atom. The van der Waals surface area contributed by atoms with Crippen molar-refractivity contribution in [2.75, 3.05) is 0 Å². The summed E-state index contributed by atoms with van der Waals surface area (Å²) >= 11 is 0. The lowest BCUT2D eigenvalue weighted by Crippen LogP contribution is -2.40. The summed E-state index contributed by atoms with van der Waals surface area (Å²) in [5.41, 5.74) is 1.35. The number of halogens is 4. The van der Waals surface area contributed by atoms with Crippen molar-refractivity contribution < 1.29 is 31.9 Å². The van der Waals surface area contributed by atoms with Crippen molar-refractivity contribution in [2.45, 2.75) is 102 Å². The molecule has 2 aromatic heterocycles. The van der Waals surface area contributed by atoms with Crippen LogP contribution in [-0.4, -0.2) is 44.0 Å². The number of alkyl halides is 4. The van der Waals surface area contributed by atoms with Gasteiger partial charge in [0.1, 0.15) is 5.60 Å². The van der Waals surface area contributed by atoms with E-state index in [9.17, 15) is 27.2 Å². The number of aromatic nitrogens is 3. The van der Waals surface area contributed by atoms with E-state index in [0.29, 0.717) is 22.5 Å². The number of hydrogen-bond donors (Lipinski definition) is 2. The van der Waals surface area contributed by atoms with E-state index in [0.717, 1.165) is 0 Å². The number of fused-ring (bicyclic) bond motifs is 1. The maximum atomic E-state index is 13.9. The van der Waals surface area contributed by atoms with E-state index in [1.165, 1.54) is 4.52 Å². The fourth-order valence-electron chi connectivity index (χ4n) is 5.38. The number of alkyl carbamates (subject to hydrolysis) is 1. The maximum Gasteiger partial charge on any atom is 0.408 e. The minimum absolute atomic E-state index is 0.00101. The second-order valence-electron chi connectivity index (χ2n) is 12.3. The van der Waals surface area contributed by atoms with Gasteiger partial charge in [-0.05, 0) is 58.4 Å². The van der Waals surface area contributed by atoms with Crippen molar-refractivity contribution >= 4 is 17.6 Å². The van der Waals surface area contributed by atoms with E-state index in [1.54, 1.807) is 46.2 Å². The lowest BCUT2D eigenvalue weighted by Gasteiger charge is -2.34. The summed E-state index contributed by atoms with van der Waals surface area (Å²) in [6.45, 7) is 10.9. The second kappa shape index (κ2) is 11.0. The summed E-state index contributed by atoms with van der Waals surface area (Å²) < 4.78 is 61.0. The Morgan fingerprint density at radius 2 is 1.80 bits per heavy atom. The fraction of sp³-hybridized carbons (Fsp3) is 0.643. The Morgan fingerprint density at radius 1 is 1.15 bits per heavy atom. The van der Waals surface area contributed by atoms with Gasteiger partial charge in [0.25, 0.3) is 0 Å². The molecule has 0 bridgehead atoms. The predicted octanol–water partition coefficient (Wildman–Crippen LogP) is 6.29. The van der Waals surface area contributed by atoms with Crippen LogP contribution >= 0.6 is 0 Å². The number of imidazole rings is 1. The predicted molar refractivity (Wildman–Crippen MR) is 140 cm³/mol. The van der Waals surface area contributed by atoms with Crippen LogP contribution in [0.4, 0.5) is 22.4 Å². The Labute approximate surface area is 230 Å². The molecular weight excluding hydrogens is 530 g/mol. The summed E-state index contributed by atoms with van der Waals surface area (Å²) in [6, 6.07) is 0.433. The van der Waals surface area contributed by atoms with Crippen molar-refractivity contribution in [3.8, 4) is 0 Å². The molecule has 8 nitrogen and oxygen atoms in total. The monoisotopic (exact) mass is 567 g/mol. The molecule has 2 saturated carbocycles. The minimum atomic E-state index is -2.73. The third-order valence-electron chi connectivity index (χ3n) is 7.36. The first kappa shape index (κ1) is 29.8. The Bertz CT molecular complexity index is 1250. The van der Waals surface area contributed by atoms with Gasteiger partial charge < -0.3 is 15.4 Å². The topological polar surface area (TPSA) is 97.6 Å². The molecule has 4 rings (SSSR count). The van der Waals surface area contributed by atoms with Crippen LogP contribution in [0.25, 0.3) is 5.65 Å². The number of ether oxygens (including phenoxy) is 1. The molecule has 40 heavy (non-hydrogen) atoms. The van der Waals surface area contributed by atoms with Gasteiger partial charge in [0.2, 0.25) is 17.8 Å². The van der Waals surface area contributed by atoms with Crippen molar-refractivity contribution in [1.82, 2.24) is 25.2 Å². The van der Waals surface area contributed by atoms with Gasteiger partial charge >= 0.3 is 6.09 Å². The first-order valence-electron chi connectivity index (χ1n) is 13.6. The highest BCUT2D eigenvalue weighted by Gasteiger charge is 2.46. The Kier molecular flexibility index (Phi) is 8.20. The molecule has 2 heterocycles. The number of rotatable bonds is 8. The van der Waals surface area contributed by atoms with Gasteiger partial charge in [0.05, 0.1) is 30.2 Å². The van der Waals surface area contributed by atoms with Crippen molar-refractivity contribution in [3.63, 3.8) is 0 Å². The molecule has 2 aromatic rings. The van der Waals surface area contributed by atoms with Crippen LogP contribution in [0.2, 0.25) is 0 Å². The van der Waals surface area contributed by atoms with Crippen LogP contribution in [0, 0.1) is 11.8 Å². The second-order valence-corrected chi connectivity index (χ2v) is 12.3. The average molecular weight is 568 g/mol. The molecule has 2 fully saturated rings. The van der Waals surface area contributed by atoms with Gasteiger partial charge in [0, 0.05) is 37.7 Å². The number of hydrogen-bond acceptors (Lipinski definition) is 5. The third-order valence-corrected chi connectivity index (χ3v) is 7.36. The van der Waals surface area contributed by atoms with Crippen LogP contribution in [0.1, 0.15) is 96.0 Å². The number of nitrogens with one attached hydrogen (secondary N) is 2. The van der Waals surface area contributed by atoms with Crippen LogP contribution < -0.4 is 10.6 Å². The smallest absolute Gasteiger partial charge is 0.408 e. The van der Waals surface area contributed by atoms with Gasteiger partial charge in [-0.2, -0.15) is 5.10 Å². The molecule has 1 unspecified atom stereocenters. The molecular formula is C28H37F4N5O3. The molecule has 2 N–H and O–H groups in total. The summed E-state index contributed by atoms with van der Waals surface area (Å²) in [5.74, 6) is -6.42. The lowest BCUT2D eigenvalue weighted by molar-refractivity contribution is -0.134. The zero-order valence-electron chi connectivity index (χ0n) is 23.3. The molecule has 0 spiro atoms. The number of carbonyl (C=O) groups excluding carboxylic acids is 2. The quantitative estimate of drug-likeness (QED) is 0.289.